The van der Waals surface area contributed by atoms with Crippen molar-refractivity contribution in [2.75, 3.05) is 17.2 Å². The van der Waals surface area contributed by atoms with Gasteiger partial charge in [0.1, 0.15) is 12.1 Å². The molecule has 0 aliphatic carbocycles. The van der Waals surface area contributed by atoms with Crippen LogP contribution in [0.3, 0.4) is 0 Å². The number of nitrogens with one attached hydrogen (secondary N) is 1. The zero-order valence-corrected chi connectivity index (χ0v) is 24.7. The molecule has 43 heavy (non-hydrogen) atoms. The van der Waals surface area contributed by atoms with E-state index in [1.807, 2.05) is 48.5 Å². The first-order valence-electron chi connectivity index (χ1n) is 13.5. The van der Waals surface area contributed by atoms with Crippen LogP contribution in [0.2, 0.25) is 0 Å². The van der Waals surface area contributed by atoms with E-state index in [0.29, 0.717) is 34.1 Å². The summed E-state index contributed by atoms with van der Waals surface area (Å²) in [6.45, 7) is 2.65. The maximum atomic E-state index is 12.6. The number of aliphatic imine (C=N–C) groups is 1. The summed E-state index contributed by atoms with van der Waals surface area (Å²) in [5, 5.41) is 8.56. The Balaban J connectivity index is 1.15. The predicted molar refractivity (Wildman–Crippen MR) is 166 cm³/mol. The largest absolute Gasteiger partial charge is 0.573 e. The van der Waals surface area contributed by atoms with Gasteiger partial charge in [0.15, 0.2) is 16.1 Å². The van der Waals surface area contributed by atoms with Crippen molar-refractivity contribution >= 4 is 45.9 Å². The fraction of sp³-hybridized carbons (Fsp3) is 0.233. The summed E-state index contributed by atoms with van der Waals surface area (Å²) in [7, 11) is 0. The highest BCUT2D eigenvalue weighted by Crippen LogP contribution is 2.30. The highest BCUT2D eigenvalue weighted by atomic mass is 32.2. The lowest BCUT2D eigenvalue weighted by Gasteiger charge is -2.19. The summed E-state index contributed by atoms with van der Waals surface area (Å²) in [5.41, 5.74) is 4.37. The molecule has 8 nitrogen and oxygen atoms in total. The van der Waals surface area contributed by atoms with Crippen LogP contribution < -0.4 is 15.0 Å². The average Bonchev–Trinajstić information content (AvgIpc) is 3.62. The molecule has 1 aliphatic rings. The Hall–Kier alpha value is -4.23. The number of amidine groups is 1. The van der Waals surface area contributed by atoms with Crippen LogP contribution in [0.5, 0.6) is 5.75 Å². The van der Waals surface area contributed by atoms with Crippen molar-refractivity contribution in [2.45, 2.75) is 32.5 Å². The molecule has 222 valence electrons. The number of ether oxygens (including phenoxy) is 1. The Kier molecular flexibility index (Phi) is 9.41. The number of nitrogens with zero attached hydrogens (tertiary/aromatic N) is 5. The molecule has 0 radical (unpaired) electrons. The number of thiocarbonyl (C=S) groups is 1. The van der Waals surface area contributed by atoms with E-state index in [0.717, 1.165) is 41.6 Å². The lowest BCUT2D eigenvalue weighted by Crippen LogP contribution is -2.32. The highest BCUT2D eigenvalue weighted by molar-refractivity contribution is 8.15. The fourth-order valence-electron chi connectivity index (χ4n) is 4.51. The van der Waals surface area contributed by atoms with E-state index >= 15 is 0 Å². The zero-order valence-electron chi connectivity index (χ0n) is 23.0. The topological polar surface area (TPSA) is 84.6 Å². The first kappa shape index (κ1) is 30.2. The summed E-state index contributed by atoms with van der Waals surface area (Å²) >= 11 is 6.83. The second-order valence-corrected chi connectivity index (χ2v) is 10.8. The van der Waals surface area contributed by atoms with Gasteiger partial charge in [-0.15, -0.1) is 18.3 Å². The predicted octanol–water partition coefficient (Wildman–Crippen LogP) is 6.34. The lowest BCUT2D eigenvalue weighted by atomic mass is 10.1. The number of amides is 1. The number of alkyl halides is 3. The third-order valence-corrected chi connectivity index (χ3v) is 7.67. The number of carbonyl (C=O) groups is 1. The molecule has 2 heterocycles. The van der Waals surface area contributed by atoms with Gasteiger partial charge >= 0.3 is 6.36 Å². The summed E-state index contributed by atoms with van der Waals surface area (Å²) in [5.74, 6) is 0.497. The number of benzene rings is 3. The third-order valence-electron chi connectivity index (χ3n) is 6.51. The fourth-order valence-corrected chi connectivity index (χ4v) is 5.62. The number of para-hydroxylation sites is 1. The van der Waals surface area contributed by atoms with E-state index in [-0.39, 0.29) is 11.7 Å². The van der Waals surface area contributed by atoms with E-state index in [2.05, 4.69) is 32.1 Å². The van der Waals surface area contributed by atoms with Gasteiger partial charge in [-0.1, -0.05) is 55.1 Å². The van der Waals surface area contributed by atoms with Crippen LogP contribution in [0.25, 0.3) is 17.1 Å². The van der Waals surface area contributed by atoms with Gasteiger partial charge in [-0.05, 0) is 79.0 Å². The minimum atomic E-state index is -4.75. The number of thioether (sulfide) groups is 1. The molecule has 0 unspecified atom stereocenters. The smallest absolute Gasteiger partial charge is 0.406 e. The summed E-state index contributed by atoms with van der Waals surface area (Å²) < 4.78 is 42.7. The van der Waals surface area contributed by atoms with E-state index < -0.39 is 6.36 Å². The first-order valence-corrected chi connectivity index (χ1v) is 14.9. The third kappa shape index (κ3) is 7.79. The molecular formula is C30H27F3N6O2S2. The minimum absolute atomic E-state index is 0.0138. The van der Waals surface area contributed by atoms with Crippen molar-refractivity contribution in [3.05, 3.63) is 90.3 Å². The zero-order chi connectivity index (χ0) is 30.4. The number of aromatic nitrogens is 3. The highest BCUT2D eigenvalue weighted by Gasteiger charge is 2.32. The van der Waals surface area contributed by atoms with Crippen LogP contribution in [0.4, 0.5) is 18.9 Å². The molecule has 0 spiro atoms. The first-order chi connectivity index (χ1) is 20.7. The lowest BCUT2D eigenvalue weighted by molar-refractivity contribution is -0.274. The van der Waals surface area contributed by atoms with Gasteiger partial charge in [0, 0.05) is 12.1 Å². The van der Waals surface area contributed by atoms with Gasteiger partial charge < -0.3 is 10.1 Å². The molecule has 1 saturated heterocycles. The van der Waals surface area contributed by atoms with Crippen LogP contribution >= 0.6 is 24.0 Å². The number of halogens is 3. The van der Waals surface area contributed by atoms with Gasteiger partial charge in [0.25, 0.3) is 0 Å². The second-order valence-electron chi connectivity index (χ2n) is 9.48. The van der Waals surface area contributed by atoms with Gasteiger partial charge in [-0.3, -0.25) is 9.69 Å². The van der Waals surface area contributed by atoms with Gasteiger partial charge in [0.2, 0.25) is 5.91 Å². The number of hydrogen-bond donors (Lipinski definition) is 1. The summed E-state index contributed by atoms with van der Waals surface area (Å²) in [6, 6.07) is 21.1. The van der Waals surface area contributed by atoms with Gasteiger partial charge in [-0.2, -0.15) is 4.99 Å². The van der Waals surface area contributed by atoms with Crippen molar-refractivity contribution in [1.82, 2.24) is 20.1 Å². The molecule has 5 rings (SSSR count). The number of rotatable bonds is 9. The molecule has 1 amide bonds. The van der Waals surface area contributed by atoms with Gasteiger partial charge in [-0.25, -0.2) is 9.67 Å². The molecule has 1 N–H and O–H groups in total. The Bertz CT molecular complexity index is 1640. The van der Waals surface area contributed by atoms with Gasteiger partial charge in [0.05, 0.1) is 17.1 Å². The van der Waals surface area contributed by atoms with Crippen LogP contribution in [0.15, 0.2) is 84.1 Å². The molecule has 0 atom stereocenters. The van der Waals surface area contributed by atoms with Crippen LogP contribution in [0, 0.1) is 0 Å². The SMILES string of the molecule is CCc1ccccc1N1C(=O)CSC1=NC(=S)NCCCc1cccc(-c2ncn(-c3ccc(OC(F)(F)F)cc3)n2)c1. The molecule has 1 aromatic heterocycles. The minimum Gasteiger partial charge on any atom is -0.406 e. The quantitative estimate of drug-likeness (QED) is 0.172. The van der Waals surface area contributed by atoms with E-state index in [9.17, 15) is 18.0 Å². The van der Waals surface area contributed by atoms with Crippen molar-refractivity contribution < 1.29 is 22.7 Å². The molecule has 1 fully saturated rings. The number of carbonyl (C=O) groups excluding carboxylic acids is 1. The van der Waals surface area contributed by atoms with Crippen molar-refractivity contribution in [3.63, 3.8) is 0 Å². The normalized spacial score (nSPS) is 14.4. The summed E-state index contributed by atoms with van der Waals surface area (Å²) in [4.78, 5) is 23.2. The molecule has 0 saturated carbocycles. The van der Waals surface area contributed by atoms with E-state index in [1.54, 1.807) is 4.90 Å². The Labute approximate surface area is 256 Å². The standard InChI is InChI=1S/C30H27F3N6O2S2/c1-2-21-9-3-4-11-25(21)39-26(40)18-43-29(39)36-28(42)34-16-6-8-20-7-5-10-22(17-20)27-35-19-38(37-27)23-12-14-24(15-13-23)41-30(31,32)33/h3-5,7,9-15,17,19H,2,6,8,16,18H2,1H3,(H,34,42). The molecular weight excluding hydrogens is 597 g/mol. The molecule has 3 aromatic carbocycles. The molecule has 0 bridgehead atoms. The van der Waals surface area contributed by atoms with Crippen LogP contribution in [-0.4, -0.2) is 49.6 Å². The average molecular weight is 625 g/mol. The van der Waals surface area contributed by atoms with Crippen LogP contribution in [-0.2, 0) is 17.6 Å². The monoisotopic (exact) mass is 624 g/mol. The van der Waals surface area contributed by atoms with Crippen molar-refractivity contribution in [3.8, 4) is 22.8 Å². The molecule has 13 heteroatoms. The van der Waals surface area contributed by atoms with E-state index in [4.69, 9.17) is 12.2 Å². The Morgan fingerprint density at radius 1 is 1.12 bits per heavy atom. The number of aryl methyl sites for hydroxylation is 2. The van der Waals surface area contributed by atoms with Crippen LogP contribution in [0.1, 0.15) is 24.5 Å². The molecule has 1 aliphatic heterocycles. The summed E-state index contributed by atoms with van der Waals surface area (Å²) in [6.07, 6.45) is -0.880. The number of hydrogen-bond acceptors (Lipinski definition) is 6. The van der Waals surface area contributed by atoms with Crippen molar-refractivity contribution in [1.29, 1.82) is 0 Å². The Morgan fingerprint density at radius 3 is 2.67 bits per heavy atom. The maximum Gasteiger partial charge on any atom is 0.573 e. The van der Waals surface area contributed by atoms with Crippen molar-refractivity contribution in [2.24, 2.45) is 4.99 Å². The maximum absolute atomic E-state index is 12.6. The molecule has 4 aromatic rings. The number of anilines is 1. The second kappa shape index (κ2) is 13.4. The van der Waals surface area contributed by atoms with E-state index in [1.165, 1.54) is 47.0 Å². The Morgan fingerprint density at radius 2 is 1.91 bits per heavy atom.